The average Bonchev–Trinajstić information content (AvgIpc) is 2.84. The van der Waals surface area contributed by atoms with E-state index in [4.69, 9.17) is 10.5 Å². The topological polar surface area (TPSA) is 52.3 Å². The first-order valence-electron chi connectivity index (χ1n) is 7.08. The van der Waals surface area contributed by atoms with E-state index in [1.165, 1.54) is 29.4 Å². The molecule has 2 aromatic rings. The molecule has 1 unspecified atom stereocenters. The molecule has 0 fully saturated rings. The maximum absolute atomic E-state index is 11.5. The summed E-state index contributed by atoms with van der Waals surface area (Å²) in [4.78, 5) is 11.5. The van der Waals surface area contributed by atoms with Gasteiger partial charge in [-0.2, -0.15) is 0 Å². The molecule has 1 atom stereocenters. The standard InChI is InChI=1S/C18H19NO2/c1-18(19,11-17(20)21-2)14-7-8-16-13(10-14)9-12-5-3-4-6-15(12)16/h3-8,10H,9,11,19H2,1-2H3. The number of rotatable bonds is 3. The molecule has 0 radical (unpaired) electrons. The zero-order chi connectivity index (χ0) is 15.0. The van der Waals surface area contributed by atoms with E-state index in [0.717, 1.165) is 12.0 Å². The first-order valence-corrected chi connectivity index (χ1v) is 7.08. The average molecular weight is 281 g/mol. The van der Waals surface area contributed by atoms with Crippen molar-refractivity contribution in [2.45, 2.75) is 25.3 Å². The number of fused-ring (bicyclic) bond motifs is 3. The summed E-state index contributed by atoms with van der Waals surface area (Å²) in [7, 11) is 1.39. The summed E-state index contributed by atoms with van der Waals surface area (Å²) in [6.45, 7) is 1.87. The highest BCUT2D eigenvalue weighted by Gasteiger charge is 2.27. The summed E-state index contributed by atoms with van der Waals surface area (Å²) >= 11 is 0. The van der Waals surface area contributed by atoms with Crippen LogP contribution in [0.2, 0.25) is 0 Å². The molecule has 0 heterocycles. The molecule has 0 aliphatic heterocycles. The fraction of sp³-hybridized carbons (Fsp3) is 0.278. The number of hydrogen-bond donors (Lipinski definition) is 1. The molecule has 3 rings (SSSR count). The van der Waals surface area contributed by atoms with Crippen molar-refractivity contribution in [1.29, 1.82) is 0 Å². The van der Waals surface area contributed by atoms with E-state index in [1.54, 1.807) is 0 Å². The van der Waals surface area contributed by atoms with Crippen molar-refractivity contribution in [1.82, 2.24) is 0 Å². The van der Waals surface area contributed by atoms with E-state index in [9.17, 15) is 4.79 Å². The highest BCUT2D eigenvalue weighted by molar-refractivity contribution is 5.77. The van der Waals surface area contributed by atoms with Gasteiger partial charge in [0.25, 0.3) is 0 Å². The molecule has 0 saturated heterocycles. The molecule has 0 spiro atoms. The van der Waals surface area contributed by atoms with Crippen LogP contribution in [0.1, 0.15) is 30.0 Å². The van der Waals surface area contributed by atoms with Crippen LogP contribution in [0.25, 0.3) is 11.1 Å². The molecule has 2 N–H and O–H groups in total. The highest BCUT2D eigenvalue weighted by atomic mass is 16.5. The van der Waals surface area contributed by atoms with Crippen molar-refractivity contribution in [2.75, 3.05) is 7.11 Å². The Balaban J connectivity index is 1.95. The third-order valence-electron chi connectivity index (χ3n) is 4.19. The summed E-state index contributed by atoms with van der Waals surface area (Å²) in [5, 5.41) is 0. The summed E-state index contributed by atoms with van der Waals surface area (Å²) in [5.41, 5.74) is 11.8. The van der Waals surface area contributed by atoms with Crippen LogP contribution in [0.3, 0.4) is 0 Å². The number of esters is 1. The van der Waals surface area contributed by atoms with Crippen LogP contribution >= 0.6 is 0 Å². The fourth-order valence-corrected chi connectivity index (χ4v) is 2.97. The number of ether oxygens (including phenoxy) is 1. The second kappa shape index (κ2) is 5.01. The van der Waals surface area contributed by atoms with Gasteiger partial charge in [0.15, 0.2) is 0 Å². The zero-order valence-corrected chi connectivity index (χ0v) is 12.3. The Labute approximate surface area is 124 Å². The SMILES string of the molecule is COC(=O)CC(C)(N)c1ccc2c(c1)Cc1ccccc1-2. The molecular weight excluding hydrogens is 262 g/mol. The van der Waals surface area contributed by atoms with Gasteiger partial charge in [0, 0.05) is 5.54 Å². The van der Waals surface area contributed by atoms with Gasteiger partial charge in [-0.05, 0) is 41.2 Å². The number of hydrogen-bond acceptors (Lipinski definition) is 3. The Kier molecular flexibility index (Phi) is 3.30. The lowest BCUT2D eigenvalue weighted by Crippen LogP contribution is -2.36. The second-order valence-corrected chi connectivity index (χ2v) is 5.88. The molecule has 108 valence electrons. The summed E-state index contributed by atoms with van der Waals surface area (Å²) in [6.07, 6.45) is 1.10. The Morgan fingerprint density at radius 2 is 1.90 bits per heavy atom. The van der Waals surface area contributed by atoms with Gasteiger partial charge in [0.1, 0.15) is 0 Å². The lowest BCUT2D eigenvalue weighted by molar-refractivity contribution is -0.141. The molecule has 1 aliphatic rings. The Morgan fingerprint density at radius 3 is 2.67 bits per heavy atom. The van der Waals surface area contributed by atoms with Crippen molar-refractivity contribution >= 4 is 5.97 Å². The fourth-order valence-electron chi connectivity index (χ4n) is 2.97. The maximum atomic E-state index is 11.5. The van der Waals surface area contributed by atoms with E-state index in [2.05, 4.69) is 36.4 Å². The van der Waals surface area contributed by atoms with E-state index >= 15 is 0 Å². The van der Waals surface area contributed by atoms with Crippen LogP contribution < -0.4 is 5.73 Å². The molecule has 1 aliphatic carbocycles. The van der Waals surface area contributed by atoms with Crippen LogP contribution in [0.15, 0.2) is 42.5 Å². The third kappa shape index (κ3) is 2.45. The third-order valence-corrected chi connectivity index (χ3v) is 4.19. The quantitative estimate of drug-likeness (QED) is 0.751. The van der Waals surface area contributed by atoms with E-state index in [0.29, 0.717) is 0 Å². The number of methoxy groups -OCH3 is 1. The Hall–Kier alpha value is -2.13. The number of carbonyl (C=O) groups is 1. The smallest absolute Gasteiger partial charge is 0.307 e. The van der Waals surface area contributed by atoms with Crippen LogP contribution in [0.5, 0.6) is 0 Å². The van der Waals surface area contributed by atoms with Gasteiger partial charge < -0.3 is 10.5 Å². The molecule has 2 aromatic carbocycles. The van der Waals surface area contributed by atoms with Crippen LogP contribution in [-0.4, -0.2) is 13.1 Å². The zero-order valence-electron chi connectivity index (χ0n) is 12.3. The first kappa shape index (κ1) is 13.8. The van der Waals surface area contributed by atoms with Gasteiger partial charge >= 0.3 is 5.97 Å². The lowest BCUT2D eigenvalue weighted by atomic mass is 9.87. The minimum atomic E-state index is -0.711. The van der Waals surface area contributed by atoms with Gasteiger partial charge in [0.2, 0.25) is 0 Å². The van der Waals surface area contributed by atoms with Crippen molar-refractivity contribution in [2.24, 2.45) is 5.73 Å². The van der Waals surface area contributed by atoms with Crippen molar-refractivity contribution in [3.05, 3.63) is 59.2 Å². The van der Waals surface area contributed by atoms with Crippen LogP contribution in [0, 0.1) is 0 Å². The normalized spacial score (nSPS) is 15.0. The van der Waals surface area contributed by atoms with Gasteiger partial charge in [-0.25, -0.2) is 0 Å². The minimum Gasteiger partial charge on any atom is -0.469 e. The molecule has 0 aromatic heterocycles. The molecular formula is C18H19NO2. The van der Waals surface area contributed by atoms with Crippen molar-refractivity contribution in [3.8, 4) is 11.1 Å². The highest BCUT2D eigenvalue weighted by Crippen LogP contribution is 2.38. The van der Waals surface area contributed by atoms with E-state index in [1.807, 2.05) is 13.0 Å². The van der Waals surface area contributed by atoms with Gasteiger partial charge in [0.05, 0.1) is 13.5 Å². The van der Waals surface area contributed by atoms with Crippen LogP contribution in [-0.2, 0) is 21.5 Å². The predicted octanol–water partition coefficient (Wildman–Crippen LogP) is 2.99. The maximum Gasteiger partial charge on any atom is 0.307 e. The van der Waals surface area contributed by atoms with E-state index in [-0.39, 0.29) is 12.4 Å². The molecule has 0 bridgehead atoms. The predicted molar refractivity (Wildman–Crippen MR) is 82.9 cm³/mol. The van der Waals surface area contributed by atoms with E-state index < -0.39 is 5.54 Å². The van der Waals surface area contributed by atoms with Gasteiger partial charge in [-0.1, -0.05) is 42.5 Å². The molecule has 3 nitrogen and oxygen atoms in total. The Bertz CT molecular complexity index is 704. The Morgan fingerprint density at radius 1 is 1.19 bits per heavy atom. The first-order chi connectivity index (χ1) is 10.0. The molecule has 0 amide bonds. The van der Waals surface area contributed by atoms with Gasteiger partial charge in [-0.15, -0.1) is 0 Å². The lowest BCUT2D eigenvalue weighted by Gasteiger charge is -2.24. The summed E-state index contributed by atoms with van der Waals surface area (Å²) in [6, 6.07) is 14.7. The summed E-state index contributed by atoms with van der Waals surface area (Å²) in [5.74, 6) is -0.288. The van der Waals surface area contributed by atoms with Crippen molar-refractivity contribution in [3.63, 3.8) is 0 Å². The number of carbonyl (C=O) groups excluding carboxylic acids is 1. The van der Waals surface area contributed by atoms with Crippen molar-refractivity contribution < 1.29 is 9.53 Å². The van der Waals surface area contributed by atoms with Gasteiger partial charge in [-0.3, -0.25) is 4.79 Å². The number of nitrogens with two attached hydrogens (primary N) is 1. The molecule has 3 heteroatoms. The monoisotopic (exact) mass is 281 g/mol. The van der Waals surface area contributed by atoms with Crippen LogP contribution in [0.4, 0.5) is 0 Å². The minimum absolute atomic E-state index is 0.176. The molecule has 21 heavy (non-hydrogen) atoms. The second-order valence-electron chi connectivity index (χ2n) is 5.88. The summed E-state index contributed by atoms with van der Waals surface area (Å²) < 4.78 is 4.73. The molecule has 0 saturated carbocycles. The number of benzene rings is 2. The largest absolute Gasteiger partial charge is 0.469 e.